The van der Waals surface area contributed by atoms with Gasteiger partial charge in [-0.1, -0.05) is 54.6 Å². The molecular formula is C18H14IN. The van der Waals surface area contributed by atoms with Crippen LogP contribution in [0.4, 0.5) is 11.4 Å². The van der Waals surface area contributed by atoms with E-state index in [4.69, 9.17) is 0 Å². The molecule has 0 atom stereocenters. The van der Waals surface area contributed by atoms with Gasteiger partial charge in [-0.25, -0.2) is 0 Å². The summed E-state index contributed by atoms with van der Waals surface area (Å²) in [5.74, 6) is 0. The van der Waals surface area contributed by atoms with Crippen LogP contribution in [0.15, 0.2) is 78.9 Å². The Morgan fingerprint density at radius 3 is 1.95 bits per heavy atom. The minimum Gasteiger partial charge on any atom is -0.355 e. The van der Waals surface area contributed by atoms with Gasteiger partial charge in [0.25, 0.3) is 0 Å². The van der Waals surface area contributed by atoms with Crippen molar-refractivity contribution in [3.63, 3.8) is 0 Å². The maximum absolute atomic E-state index is 3.49. The zero-order valence-corrected chi connectivity index (χ0v) is 13.0. The lowest BCUT2D eigenvalue weighted by molar-refractivity contribution is 1.52. The van der Waals surface area contributed by atoms with E-state index in [0.29, 0.717) is 0 Å². The van der Waals surface area contributed by atoms with Crippen molar-refractivity contribution in [2.75, 3.05) is 5.32 Å². The molecule has 0 amide bonds. The van der Waals surface area contributed by atoms with E-state index in [2.05, 4.69) is 88.6 Å². The molecule has 3 aromatic rings. The van der Waals surface area contributed by atoms with Gasteiger partial charge in [-0.05, 0) is 52.4 Å². The summed E-state index contributed by atoms with van der Waals surface area (Å²) in [5.41, 5.74) is 4.71. The van der Waals surface area contributed by atoms with E-state index < -0.39 is 0 Å². The van der Waals surface area contributed by atoms with Crippen molar-refractivity contribution in [3.8, 4) is 11.1 Å². The number of hydrogen-bond donors (Lipinski definition) is 1. The van der Waals surface area contributed by atoms with Crippen molar-refractivity contribution in [3.05, 3.63) is 82.4 Å². The van der Waals surface area contributed by atoms with Crippen LogP contribution in [-0.2, 0) is 0 Å². The van der Waals surface area contributed by atoms with Crippen LogP contribution in [0.2, 0.25) is 0 Å². The highest BCUT2D eigenvalue weighted by atomic mass is 127. The van der Waals surface area contributed by atoms with Crippen LogP contribution in [-0.4, -0.2) is 0 Å². The van der Waals surface area contributed by atoms with E-state index in [9.17, 15) is 0 Å². The number of nitrogens with one attached hydrogen (secondary N) is 1. The maximum Gasteiger partial charge on any atom is 0.0464 e. The minimum atomic E-state index is 1.10. The summed E-state index contributed by atoms with van der Waals surface area (Å²) in [6.45, 7) is 0. The Kier molecular flexibility index (Phi) is 4.02. The Morgan fingerprint density at radius 2 is 1.20 bits per heavy atom. The van der Waals surface area contributed by atoms with Gasteiger partial charge in [-0.15, -0.1) is 0 Å². The molecule has 3 aromatic carbocycles. The number of benzene rings is 3. The van der Waals surface area contributed by atoms with Gasteiger partial charge in [0.05, 0.1) is 0 Å². The molecular weight excluding hydrogens is 357 g/mol. The number of hydrogen-bond acceptors (Lipinski definition) is 1. The molecule has 0 bridgehead atoms. The average Bonchev–Trinajstić information content (AvgIpc) is 2.50. The number of para-hydroxylation sites is 2. The van der Waals surface area contributed by atoms with Gasteiger partial charge in [0.1, 0.15) is 0 Å². The van der Waals surface area contributed by atoms with Crippen molar-refractivity contribution in [1.82, 2.24) is 0 Å². The molecule has 0 aliphatic carbocycles. The second kappa shape index (κ2) is 6.09. The Morgan fingerprint density at radius 1 is 0.600 bits per heavy atom. The highest BCUT2D eigenvalue weighted by Gasteiger charge is 2.07. The molecule has 0 fully saturated rings. The van der Waals surface area contributed by atoms with Crippen LogP contribution in [0.1, 0.15) is 0 Å². The van der Waals surface area contributed by atoms with Gasteiger partial charge in [-0.3, -0.25) is 0 Å². The van der Waals surface area contributed by atoms with Gasteiger partial charge < -0.3 is 5.32 Å². The molecule has 0 unspecified atom stereocenters. The van der Waals surface area contributed by atoms with Crippen LogP contribution in [0.3, 0.4) is 0 Å². The molecule has 0 radical (unpaired) electrons. The summed E-state index contributed by atoms with van der Waals surface area (Å²) < 4.78 is 1.26. The molecule has 2 heteroatoms. The number of halogens is 1. The molecule has 0 heterocycles. The largest absolute Gasteiger partial charge is 0.355 e. The van der Waals surface area contributed by atoms with E-state index in [1.807, 2.05) is 18.2 Å². The predicted molar refractivity (Wildman–Crippen MR) is 94.3 cm³/mol. The van der Waals surface area contributed by atoms with Gasteiger partial charge in [-0.2, -0.15) is 0 Å². The highest BCUT2D eigenvalue weighted by Crippen LogP contribution is 2.32. The summed E-state index contributed by atoms with van der Waals surface area (Å²) in [5, 5.41) is 3.49. The van der Waals surface area contributed by atoms with Gasteiger partial charge >= 0.3 is 0 Å². The first-order valence-corrected chi connectivity index (χ1v) is 7.58. The third-order valence-electron chi connectivity index (χ3n) is 3.14. The molecule has 0 saturated heterocycles. The molecule has 0 aliphatic heterocycles. The van der Waals surface area contributed by atoms with Gasteiger partial charge in [0.15, 0.2) is 0 Å². The molecule has 98 valence electrons. The molecule has 0 aromatic heterocycles. The normalized spacial score (nSPS) is 10.2. The molecule has 1 N–H and O–H groups in total. The standard InChI is InChI=1S/C18H14IN/c19-17-12-6-4-10-15(17)16-11-5-7-13-18(16)20-14-8-2-1-3-9-14/h1-13,20H. The van der Waals surface area contributed by atoms with E-state index >= 15 is 0 Å². The zero-order chi connectivity index (χ0) is 13.8. The lowest BCUT2D eigenvalue weighted by atomic mass is 10.0. The Bertz CT molecular complexity index is 707. The maximum atomic E-state index is 3.49. The van der Waals surface area contributed by atoms with Crippen molar-refractivity contribution >= 4 is 34.0 Å². The third kappa shape index (κ3) is 2.85. The first-order valence-electron chi connectivity index (χ1n) is 6.50. The van der Waals surface area contributed by atoms with Crippen molar-refractivity contribution in [2.24, 2.45) is 0 Å². The van der Waals surface area contributed by atoms with Gasteiger partial charge in [0.2, 0.25) is 0 Å². The fraction of sp³-hybridized carbons (Fsp3) is 0. The lowest BCUT2D eigenvalue weighted by Gasteiger charge is -2.13. The summed E-state index contributed by atoms with van der Waals surface area (Å²) in [4.78, 5) is 0. The molecule has 0 saturated carbocycles. The topological polar surface area (TPSA) is 12.0 Å². The fourth-order valence-electron chi connectivity index (χ4n) is 2.18. The second-order valence-electron chi connectivity index (χ2n) is 4.52. The average molecular weight is 371 g/mol. The molecule has 3 rings (SSSR count). The van der Waals surface area contributed by atoms with Crippen molar-refractivity contribution in [1.29, 1.82) is 0 Å². The molecule has 20 heavy (non-hydrogen) atoms. The Labute approximate surface area is 132 Å². The van der Waals surface area contributed by atoms with E-state index in [1.165, 1.54) is 14.7 Å². The minimum absolute atomic E-state index is 1.10. The summed E-state index contributed by atoms with van der Waals surface area (Å²) in [7, 11) is 0. The lowest BCUT2D eigenvalue weighted by Crippen LogP contribution is -1.93. The van der Waals surface area contributed by atoms with Crippen LogP contribution in [0, 0.1) is 3.57 Å². The van der Waals surface area contributed by atoms with E-state index in [0.717, 1.165) is 11.4 Å². The number of rotatable bonds is 3. The summed E-state index contributed by atoms with van der Waals surface area (Å²) >= 11 is 2.38. The van der Waals surface area contributed by atoms with Crippen molar-refractivity contribution < 1.29 is 0 Å². The van der Waals surface area contributed by atoms with E-state index in [1.54, 1.807) is 0 Å². The molecule has 0 spiro atoms. The van der Waals surface area contributed by atoms with Crippen LogP contribution in [0.5, 0.6) is 0 Å². The first-order chi connectivity index (χ1) is 9.84. The Hall–Kier alpha value is -1.81. The van der Waals surface area contributed by atoms with E-state index in [-0.39, 0.29) is 0 Å². The number of anilines is 2. The summed E-state index contributed by atoms with van der Waals surface area (Å²) in [6, 6.07) is 27.1. The monoisotopic (exact) mass is 371 g/mol. The fourth-order valence-corrected chi connectivity index (χ4v) is 2.86. The summed E-state index contributed by atoms with van der Waals surface area (Å²) in [6.07, 6.45) is 0. The third-order valence-corrected chi connectivity index (χ3v) is 4.08. The SMILES string of the molecule is Ic1ccccc1-c1ccccc1Nc1ccccc1. The van der Waals surface area contributed by atoms with Crippen LogP contribution >= 0.6 is 22.6 Å². The first kappa shape index (κ1) is 13.2. The highest BCUT2D eigenvalue weighted by molar-refractivity contribution is 14.1. The van der Waals surface area contributed by atoms with Gasteiger partial charge in [0, 0.05) is 20.5 Å². The quantitative estimate of drug-likeness (QED) is 0.583. The molecule has 0 aliphatic rings. The van der Waals surface area contributed by atoms with Crippen LogP contribution in [0.25, 0.3) is 11.1 Å². The Balaban J connectivity index is 2.03. The van der Waals surface area contributed by atoms with Crippen molar-refractivity contribution in [2.45, 2.75) is 0 Å². The van der Waals surface area contributed by atoms with Crippen LogP contribution < -0.4 is 5.32 Å². The second-order valence-corrected chi connectivity index (χ2v) is 5.68. The molecule has 1 nitrogen and oxygen atoms in total. The zero-order valence-electron chi connectivity index (χ0n) is 10.9. The predicted octanol–water partition coefficient (Wildman–Crippen LogP) is 5.70. The smallest absolute Gasteiger partial charge is 0.0464 e.